The summed E-state index contributed by atoms with van der Waals surface area (Å²) >= 11 is 1.83. The zero-order chi connectivity index (χ0) is 9.68. The van der Waals surface area contributed by atoms with Gasteiger partial charge in [0.15, 0.2) is 0 Å². The maximum atomic E-state index is 5.45. The van der Waals surface area contributed by atoms with Gasteiger partial charge in [-0.1, -0.05) is 13.8 Å². The molecule has 0 saturated heterocycles. The third kappa shape index (κ3) is 3.87. The molecule has 0 spiro atoms. The Kier molecular flexibility index (Phi) is 4.39. The molecule has 0 bridgehead atoms. The van der Waals surface area contributed by atoms with Crippen molar-refractivity contribution in [1.29, 1.82) is 0 Å². The van der Waals surface area contributed by atoms with Crippen LogP contribution in [0, 0.1) is 5.92 Å². The molecule has 0 aliphatic carbocycles. The maximum absolute atomic E-state index is 5.45. The van der Waals surface area contributed by atoms with Crippen molar-refractivity contribution >= 4 is 11.3 Å². The van der Waals surface area contributed by atoms with Crippen molar-refractivity contribution in [2.24, 2.45) is 11.7 Å². The highest BCUT2D eigenvalue weighted by Crippen LogP contribution is 2.17. The van der Waals surface area contributed by atoms with Crippen molar-refractivity contribution in [3.05, 3.63) is 16.1 Å². The standard InChI is InChI=1S/C10H18N2S/c1-8(2)6-10-12-7-9(13-10)4-3-5-11/h7-8H,3-6,11H2,1-2H3. The highest BCUT2D eigenvalue weighted by atomic mass is 32.1. The predicted molar refractivity (Wildman–Crippen MR) is 58.0 cm³/mol. The quantitative estimate of drug-likeness (QED) is 0.788. The molecule has 0 fully saturated rings. The van der Waals surface area contributed by atoms with Gasteiger partial charge >= 0.3 is 0 Å². The molecular formula is C10H18N2S. The third-order valence-electron chi connectivity index (χ3n) is 1.81. The van der Waals surface area contributed by atoms with Gasteiger partial charge in [0.25, 0.3) is 0 Å². The molecule has 0 amide bonds. The number of thiazole rings is 1. The number of nitrogens with zero attached hydrogens (tertiary/aromatic N) is 1. The van der Waals surface area contributed by atoms with Crippen LogP contribution in [0.25, 0.3) is 0 Å². The smallest absolute Gasteiger partial charge is 0.0930 e. The van der Waals surface area contributed by atoms with E-state index in [-0.39, 0.29) is 0 Å². The molecule has 0 aromatic carbocycles. The van der Waals surface area contributed by atoms with Crippen LogP contribution in [0.1, 0.15) is 30.2 Å². The monoisotopic (exact) mass is 198 g/mol. The Morgan fingerprint density at radius 2 is 2.31 bits per heavy atom. The fraction of sp³-hybridized carbons (Fsp3) is 0.700. The average molecular weight is 198 g/mol. The third-order valence-corrected chi connectivity index (χ3v) is 2.89. The van der Waals surface area contributed by atoms with Crippen molar-refractivity contribution < 1.29 is 0 Å². The first-order chi connectivity index (χ1) is 6.22. The lowest BCUT2D eigenvalue weighted by atomic mass is 10.1. The van der Waals surface area contributed by atoms with Crippen LogP contribution in [-0.4, -0.2) is 11.5 Å². The maximum Gasteiger partial charge on any atom is 0.0930 e. The summed E-state index contributed by atoms with van der Waals surface area (Å²) < 4.78 is 0. The second kappa shape index (κ2) is 5.35. The SMILES string of the molecule is CC(C)Cc1ncc(CCCN)s1. The topological polar surface area (TPSA) is 38.9 Å². The minimum absolute atomic E-state index is 0.702. The number of rotatable bonds is 5. The Morgan fingerprint density at radius 3 is 2.92 bits per heavy atom. The van der Waals surface area contributed by atoms with Crippen LogP contribution in [-0.2, 0) is 12.8 Å². The molecule has 0 saturated carbocycles. The van der Waals surface area contributed by atoms with E-state index in [0.29, 0.717) is 5.92 Å². The van der Waals surface area contributed by atoms with Crippen molar-refractivity contribution in [3.63, 3.8) is 0 Å². The average Bonchev–Trinajstić information content (AvgIpc) is 2.48. The molecule has 1 heterocycles. The molecule has 0 aliphatic heterocycles. The minimum atomic E-state index is 0.702. The molecule has 74 valence electrons. The van der Waals surface area contributed by atoms with E-state index in [1.165, 1.54) is 9.88 Å². The lowest BCUT2D eigenvalue weighted by molar-refractivity contribution is 0.644. The molecule has 0 atom stereocenters. The number of hydrogen-bond donors (Lipinski definition) is 1. The summed E-state index contributed by atoms with van der Waals surface area (Å²) in [6.07, 6.45) is 5.26. The van der Waals surface area contributed by atoms with E-state index in [1.807, 2.05) is 17.5 Å². The summed E-state index contributed by atoms with van der Waals surface area (Å²) in [5.74, 6) is 0.702. The van der Waals surface area contributed by atoms with Crippen LogP contribution < -0.4 is 5.73 Å². The van der Waals surface area contributed by atoms with Crippen LogP contribution in [0.5, 0.6) is 0 Å². The van der Waals surface area contributed by atoms with Crippen molar-refractivity contribution in [1.82, 2.24) is 4.98 Å². The Balaban J connectivity index is 2.44. The molecule has 1 rings (SSSR count). The summed E-state index contributed by atoms with van der Waals surface area (Å²) in [5.41, 5.74) is 5.45. The van der Waals surface area contributed by atoms with Crippen LogP contribution >= 0.6 is 11.3 Å². The van der Waals surface area contributed by atoms with E-state index in [0.717, 1.165) is 25.8 Å². The van der Waals surface area contributed by atoms with E-state index < -0.39 is 0 Å². The first-order valence-corrected chi connectivity index (χ1v) is 5.67. The van der Waals surface area contributed by atoms with Crippen LogP contribution in [0.4, 0.5) is 0 Å². The molecule has 1 aromatic heterocycles. The second-order valence-corrected chi connectivity index (χ2v) is 4.91. The van der Waals surface area contributed by atoms with E-state index in [1.54, 1.807) is 0 Å². The molecule has 2 nitrogen and oxygen atoms in total. The number of nitrogens with two attached hydrogens (primary N) is 1. The van der Waals surface area contributed by atoms with Gasteiger partial charge in [-0.05, 0) is 25.3 Å². The summed E-state index contributed by atoms with van der Waals surface area (Å²) in [6, 6.07) is 0. The number of hydrogen-bond acceptors (Lipinski definition) is 3. The van der Waals surface area contributed by atoms with Gasteiger partial charge in [-0.25, -0.2) is 4.98 Å². The van der Waals surface area contributed by atoms with Crippen LogP contribution in [0.2, 0.25) is 0 Å². The Bertz CT molecular complexity index is 243. The van der Waals surface area contributed by atoms with E-state index in [2.05, 4.69) is 18.8 Å². The lowest BCUT2D eigenvalue weighted by Gasteiger charge is -1.98. The van der Waals surface area contributed by atoms with Gasteiger partial charge in [-0.15, -0.1) is 11.3 Å². The Labute approximate surface area is 84.2 Å². The second-order valence-electron chi connectivity index (χ2n) is 3.71. The molecule has 3 heteroatoms. The number of aryl methyl sites for hydroxylation is 1. The molecule has 0 unspecified atom stereocenters. The first kappa shape index (κ1) is 10.7. The lowest BCUT2D eigenvalue weighted by Crippen LogP contribution is -1.99. The normalized spacial score (nSPS) is 11.1. The number of aromatic nitrogens is 1. The molecule has 13 heavy (non-hydrogen) atoms. The van der Waals surface area contributed by atoms with Crippen LogP contribution in [0.3, 0.4) is 0 Å². The van der Waals surface area contributed by atoms with Gasteiger partial charge < -0.3 is 5.73 Å². The first-order valence-electron chi connectivity index (χ1n) is 4.86. The fourth-order valence-corrected chi connectivity index (χ4v) is 2.36. The minimum Gasteiger partial charge on any atom is -0.330 e. The predicted octanol–water partition coefficient (Wildman–Crippen LogP) is 2.23. The van der Waals surface area contributed by atoms with Crippen molar-refractivity contribution in [3.8, 4) is 0 Å². The molecule has 1 aromatic rings. The highest BCUT2D eigenvalue weighted by Gasteiger charge is 2.03. The van der Waals surface area contributed by atoms with Crippen molar-refractivity contribution in [2.75, 3.05) is 6.54 Å². The van der Waals surface area contributed by atoms with Gasteiger partial charge in [0.05, 0.1) is 5.01 Å². The Hall–Kier alpha value is -0.410. The molecule has 0 aliphatic rings. The van der Waals surface area contributed by atoms with E-state index in [9.17, 15) is 0 Å². The summed E-state index contributed by atoms with van der Waals surface area (Å²) in [7, 11) is 0. The van der Waals surface area contributed by atoms with Crippen molar-refractivity contribution in [2.45, 2.75) is 33.1 Å². The van der Waals surface area contributed by atoms with Gasteiger partial charge in [0.2, 0.25) is 0 Å². The summed E-state index contributed by atoms with van der Waals surface area (Å²) in [5, 5.41) is 1.27. The molecule has 0 radical (unpaired) electrons. The van der Waals surface area contributed by atoms with Gasteiger partial charge in [-0.3, -0.25) is 0 Å². The van der Waals surface area contributed by atoms with Gasteiger partial charge in [0.1, 0.15) is 0 Å². The summed E-state index contributed by atoms with van der Waals surface area (Å²) in [4.78, 5) is 5.76. The van der Waals surface area contributed by atoms with Crippen LogP contribution in [0.15, 0.2) is 6.20 Å². The summed E-state index contributed by atoms with van der Waals surface area (Å²) in [6.45, 7) is 5.22. The zero-order valence-corrected chi connectivity index (χ0v) is 9.23. The largest absolute Gasteiger partial charge is 0.330 e. The van der Waals surface area contributed by atoms with Gasteiger partial charge in [0, 0.05) is 17.5 Å². The zero-order valence-electron chi connectivity index (χ0n) is 8.42. The fourth-order valence-electron chi connectivity index (χ4n) is 1.18. The van der Waals surface area contributed by atoms with Gasteiger partial charge in [-0.2, -0.15) is 0 Å². The van der Waals surface area contributed by atoms with E-state index in [4.69, 9.17) is 5.73 Å². The highest BCUT2D eigenvalue weighted by molar-refractivity contribution is 7.11. The van der Waals surface area contributed by atoms with E-state index >= 15 is 0 Å². The Morgan fingerprint density at radius 1 is 1.54 bits per heavy atom. The molecular weight excluding hydrogens is 180 g/mol. The molecule has 2 N–H and O–H groups in total.